The van der Waals surface area contributed by atoms with E-state index in [0.717, 1.165) is 30.1 Å². The van der Waals surface area contributed by atoms with Crippen LogP contribution in [-0.2, 0) is 13.1 Å². The molecular formula is C12H14INO2. The molecule has 1 heterocycles. The van der Waals surface area contributed by atoms with E-state index < -0.39 is 0 Å². The van der Waals surface area contributed by atoms with E-state index in [9.17, 15) is 9.59 Å². The van der Waals surface area contributed by atoms with Crippen molar-refractivity contribution in [1.82, 2.24) is 0 Å². The summed E-state index contributed by atoms with van der Waals surface area (Å²) in [6.45, 7) is 1.85. The van der Waals surface area contributed by atoms with Gasteiger partial charge in [-0.2, -0.15) is 0 Å². The first-order chi connectivity index (χ1) is 7.05. The number of carbonyl (C=O) groups excluding carboxylic acids is 2. The number of benzene rings is 1. The molecule has 0 radical (unpaired) electrons. The number of aldehydes is 2. The molecule has 0 bridgehead atoms. The molecule has 0 saturated heterocycles. The van der Waals surface area contributed by atoms with Gasteiger partial charge in [-0.3, -0.25) is 9.59 Å². The topological polar surface area (TPSA) is 34.1 Å². The number of fused-ring (bicyclic) bond motifs is 1. The van der Waals surface area contributed by atoms with Crippen LogP contribution in [0.5, 0.6) is 0 Å². The van der Waals surface area contributed by atoms with Gasteiger partial charge in [-0.25, -0.2) is 0 Å². The second kappa shape index (κ2) is 4.63. The fourth-order valence-corrected chi connectivity index (χ4v) is 2.20. The summed E-state index contributed by atoms with van der Waals surface area (Å²) in [5.41, 5.74) is 3.39. The second-order valence-electron chi connectivity index (χ2n) is 4.74. The third kappa shape index (κ3) is 2.32. The summed E-state index contributed by atoms with van der Waals surface area (Å²) in [6.07, 6.45) is 1.50. The van der Waals surface area contributed by atoms with Crippen molar-refractivity contribution in [1.29, 1.82) is 0 Å². The number of carbonyl (C=O) groups is 2. The number of halogens is 1. The summed E-state index contributed by atoms with van der Waals surface area (Å²) in [5, 5.41) is 0. The third-order valence-corrected chi connectivity index (χ3v) is 2.86. The fraction of sp³-hybridized carbons (Fsp3) is 0.333. The molecule has 0 unspecified atom stereocenters. The average molecular weight is 331 g/mol. The molecule has 4 heteroatoms. The maximum Gasteiger partial charge on any atom is 0.150 e. The van der Waals surface area contributed by atoms with Crippen LogP contribution < -0.4 is 24.0 Å². The van der Waals surface area contributed by atoms with Crippen molar-refractivity contribution in [3.63, 3.8) is 0 Å². The summed E-state index contributed by atoms with van der Waals surface area (Å²) >= 11 is 0. The van der Waals surface area contributed by atoms with E-state index >= 15 is 0 Å². The van der Waals surface area contributed by atoms with Crippen LogP contribution in [0.3, 0.4) is 0 Å². The third-order valence-electron chi connectivity index (χ3n) is 2.86. The van der Waals surface area contributed by atoms with Gasteiger partial charge in [0.1, 0.15) is 13.1 Å². The molecule has 1 aliphatic heterocycles. The van der Waals surface area contributed by atoms with E-state index in [1.807, 2.05) is 12.1 Å². The Morgan fingerprint density at radius 1 is 1.00 bits per heavy atom. The van der Waals surface area contributed by atoms with Crippen molar-refractivity contribution in [2.45, 2.75) is 13.1 Å². The van der Waals surface area contributed by atoms with Crippen LogP contribution in [0.15, 0.2) is 12.1 Å². The molecule has 0 amide bonds. The molecular weight excluding hydrogens is 317 g/mol. The molecule has 2 rings (SSSR count). The number of hydrogen-bond donors (Lipinski definition) is 0. The van der Waals surface area contributed by atoms with E-state index in [0.29, 0.717) is 11.1 Å². The Labute approximate surface area is 112 Å². The van der Waals surface area contributed by atoms with Gasteiger partial charge in [-0.1, -0.05) is 0 Å². The lowest BCUT2D eigenvalue weighted by Crippen LogP contribution is -3.00. The minimum atomic E-state index is 0. The van der Waals surface area contributed by atoms with Gasteiger partial charge in [0.15, 0.2) is 12.6 Å². The van der Waals surface area contributed by atoms with Crippen LogP contribution >= 0.6 is 0 Å². The van der Waals surface area contributed by atoms with Crippen molar-refractivity contribution >= 4 is 12.6 Å². The van der Waals surface area contributed by atoms with E-state index in [1.165, 1.54) is 11.1 Å². The highest BCUT2D eigenvalue weighted by Crippen LogP contribution is 2.28. The summed E-state index contributed by atoms with van der Waals surface area (Å²) < 4.78 is 0.885. The Bertz CT molecular complexity index is 402. The van der Waals surface area contributed by atoms with E-state index in [4.69, 9.17) is 0 Å². The predicted octanol–water partition coefficient (Wildman–Crippen LogP) is -1.59. The zero-order chi connectivity index (χ0) is 11.1. The van der Waals surface area contributed by atoms with Gasteiger partial charge in [0.05, 0.1) is 14.1 Å². The molecule has 0 N–H and O–H groups in total. The SMILES string of the molecule is C[N+]1(C)Cc2cc(C=O)c(C=O)cc2C1.[I-]. The first-order valence-electron chi connectivity index (χ1n) is 4.94. The lowest BCUT2D eigenvalue weighted by atomic mass is 10.0. The number of quaternary nitrogens is 1. The van der Waals surface area contributed by atoms with Gasteiger partial charge in [-0.15, -0.1) is 0 Å². The largest absolute Gasteiger partial charge is 1.00 e. The molecule has 0 aliphatic carbocycles. The fourth-order valence-electron chi connectivity index (χ4n) is 2.20. The number of hydrogen-bond acceptors (Lipinski definition) is 2. The van der Waals surface area contributed by atoms with Crippen molar-refractivity contribution in [3.8, 4) is 0 Å². The number of rotatable bonds is 2. The van der Waals surface area contributed by atoms with Gasteiger partial charge >= 0.3 is 0 Å². The van der Waals surface area contributed by atoms with Crippen molar-refractivity contribution in [2.75, 3.05) is 14.1 Å². The normalized spacial score (nSPS) is 16.1. The summed E-state index contributed by atoms with van der Waals surface area (Å²) in [4.78, 5) is 21.6. The highest BCUT2D eigenvalue weighted by Gasteiger charge is 2.28. The monoisotopic (exact) mass is 331 g/mol. The van der Waals surface area contributed by atoms with Gasteiger partial charge < -0.3 is 28.5 Å². The van der Waals surface area contributed by atoms with Gasteiger partial charge in [0.25, 0.3) is 0 Å². The predicted molar refractivity (Wildman–Crippen MR) is 56.7 cm³/mol. The highest BCUT2D eigenvalue weighted by atomic mass is 127. The Morgan fingerprint density at radius 2 is 1.38 bits per heavy atom. The van der Waals surface area contributed by atoms with Crippen LogP contribution in [-0.4, -0.2) is 31.2 Å². The first kappa shape index (κ1) is 13.3. The van der Waals surface area contributed by atoms with Gasteiger partial charge in [0, 0.05) is 22.3 Å². The summed E-state index contributed by atoms with van der Waals surface area (Å²) in [6, 6.07) is 3.69. The van der Waals surface area contributed by atoms with Crippen molar-refractivity contribution in [2.24, 2.45) is 0 Å². The Hall–Kier alpha value is -0.750. The first-order valence-corrected chi connectivity index (χ1v) is 4.94. The van der Waals surface area contributed by atoms with Crippen molar-refractivity contribution < 1.29 is 38.0 Å². The zero-order valence-electron chi connectivity index (χ0n) is 9.37. The summed E-state index contributed by atoms with van der Waals surface area (Å²) in [5.74, 6) is 0. The van der Waals surface area contributed by atoms with E-state index in [1.54, 1.807) is 0 Å². The van der Waals surface area contributed by atoms with E-state index in [2.05, 4.69) is 14.1 Å². The lowest BCUT2D eigenvalue weighted by Gasteiger charge is -2.22. The smallest absolute Gasteiger partial charge is 0.150 e. The van der Waals surface area contributed by atoms with E-state index in [-0.39, 0.29) is 24.0 Å². The zero-order valence-corrected chi connectivity index (χ0v) is 11.5. The molecule has 0 fully saturated rings. The van der Waals surface area contributed by atoms with Crippen molar-refractivity contribution in [3.05, 3.63) is 34.4 Å². The lowest BCUT2D eigenvalue weighted by molar-refractivity contribution is -0.910. The molecule has 1 aliphatic rings. The molecule has 0 atom stereocenters. The molecule has 1 aromatic rings. The standard InChI is InChI=1S/C12H14NO2.HI/c1-13(2)5-9-3-11(7-14)12(8-15)4-10(9)6-13;/h3-4,7-8H,5-6H2,1-2H3;1H/q+1;/p-1. The number of nitrogens with zero attached hydrogens (tertiary/aromatic N) is 1. The Morgan fingerprint density at radius 3 is 1.69 bits per heavy atom. The van der Waals surface area contributed by atoms with Gasteiger partial charge in [-0.05, 0) is 12.1 Å². The van der Waals surface area contributed by atoms with Crippen LogP contribution in [0, 0.1) is 0 Å². The summed E-state index contributed by atoms with van der Waals surface area (Å²) in [7, 11) is 4.28. The molecule has 0 spiro atoms. The maximum absolute atomic E-state index is 10.8. The molecule has 86 valence electrons. The minimum Gasteiger partial charge on any atom is -1.00 e. The molecule has 1 aromatic carbocycles. The quantitative estimate of drug-likeness (QED) is 0.372. The maximum atomic E-state index is 10.8. The highest BCUT2D eigenvalue weighted by molar-refractivity contribution is 5.90. The van der Waals surface area contributed by atoms with Crippen LogP contribution in [0.1, 0.15) is 31.8 Å². The second-order valence-corrected chi connectivity index (χ2v) is 4.74. The molecule has 3 nitrogen and oxygen atoms in total. The Kier molecular flexibility index (Phi) is 3.85. The minimum absolute atomic E-state index is 0. The Balaban J connectivity index is 0.00000128. The molecule has 0 aromatic heterocycles. The molecule has 0 saturated carbocycles. The van der Waals surface area contributed by atoms with Crippen LogP contribution in [0.2, 0.25) is 0 Å². The molecule has 16 heavy (non-hydrogen) atoms. The van der Waals surface area contributed by atoms with Crippen LogP contribution in [0.25, 0.3) is 0 Å². The average Bonchev–Trinajstić information content (AvgIpc) is 2.48. The van der Waals surface area contributed by atoms with Gasteiger partial charge in [0.2, 0.25) is 0 Å². The van der Waals surface area contributed by atoms with Crippen LogP contribution in [0.4, 0.5) is 0 Å².